The molecule has 0 bridgehead atoms. The van der Waals surface area contributed by atoms with Crippen molar-refractivity contribution in [1.29, 1.82) is 0 Å². The highest BCUT2D eigenvalue weighted by Crippen LogP contribution is 2.17. The Labute approximate surface area is 194 Å². The molecule has 1 fully saturated rings. The molecule has 2 heterocycles. The third-order valence-corrected chi connectivity index (χ3v) is 5.78. The van der Waals surface area contributed by atoms with E-state index in [0.29, 0.717) is 43.9 Å². The van der Waals surface area contributed by atoms with Gasteiger partial charge in [-0.05, 0) is 43.5 Å². The zero-order valence-corrected chi connectivity index (χ0v) is 19.7. The average molecular weight is 453 g/mol. The fourth-order valence-corrected chi connectivity index (χ4v) is 3.82. The molecule has 1 aromatic carbocycles. The molecule has 1 aliphatic rings. The van der Waals surface area contributed by atoms with Gasteiger partial charge in [0.05, 0.1) is 12.2 Å². The van der Waals surface area contributed by atoms with E-state index >= 15 is 0 Å². The lowest BCUT2D eigenvalue weighted by molar-refractivity contribution is -0.134. The van der Waals surface area contributed by atoms with Gasteiger partial charge in [0.15, 0.2) is 0 Å². The molecule has 0 saturated carbocycles. The van der Waals surface area contributed by atoms with Gasteiger partial charge in [-0.2, -0.15) is 0 Å². The number of carbonyl (C=O) groups is 3. The number of nitrogens with one attached hydrogen (secondary N) is 1. The molecule has 2 aromatic rings. The number of benzene rings is 1. The van der Waals surface area contributed by atoms with Crippen LogP contribution in [0.5, 0.6) is 0 Å². The quantitative estimate of drug-likeness (QED) is 0.650. The topological polar surface area (TPSA) is 91.8 Å². The van der Waals surface area contributed by atoms with E-state index in [-0.39, 0.29) is 23.7 Å². The lowest BCUT2D eigenvalue weighted by atomic mass is 10.0. The van der Waals surface area contributed by atoms with E-state index in [4.69, 9.17) is 4.74 Å². The molecule has 0 spiro atoms. The maximum atomic E-state index is 13.2. The van der Waals surface area contributed by atoms with E-state index in [0.717, 1.165) is 11.4 Å². The summed E-state index contributed by atoms with van der Waals surface area (Å²) in [6, 6.07) is 10.3. The first-order valence-electron chi connectivity index (χ1n) is 11.3. The minimum absolute atomic E-state index is 0.0411. The maximum Gasteiger partial charge on any atom is 0.339 e. The molecule has 2 amide bonds. The normalized spacial score (nSPS) is 14.7. The summed E-state index contributed by atoms with van der Waals surface area (Å²) in [6.07, 6.45) is 1.51. The van der Waals surface area contributed by atoms with Gasteiger partial charge in [-0.3, -0.25) is 9.59 Å². The van der Waals surface area contributed by atoms with Gasteiger partial charge >= 0.3 is 5.97 Å². The maximum absolute atomic E-state index is 13.2. The van der Waals surface area contributed by atoms with E-state index < -0.39 is 6.04 Å². The molecule has 1 aromatic heterocycles. The zero-order chi connectivity index (χ0) is 24.0. The van der Waals surface area contributed by atoms with Crippen LogP contribution in [0.1, 0.15) is 47.1 Å². The summed E-state index contributed by atoms with van der Waals surface area (Å²) >= 11 is 0. The van der Waals surface area contributed by atoms with Crippen molar-refractivity contribution >= 4 is 23.6 Å². The highest BCUT2D eigenvalue weighted by molar-refractivity contribution is 5.98. The second-order valence-electron chi connectivity index (χ2n) is 8.45. The first-order chi connectivity index (χ1) is 15.8. The number of anilines is 1. The Morgan fingerprint density at radius 1 is 1.06 bits per heavy atom. The zero-order valence-electron chi connectivity index (χ0n) is 19.7. The molecular formula is C25H32N4O4. The van der Waals surface area contributed by atoms with Crippen molar-refractivity contribution in [3.63, 3.8) is 0 Å². The number of piperazine rings is 1. The van der Waals surface area contributed by atoms with Crippen LogP contribution < -0.4 is 10.2 Å². The number of carbonyl (C=O) groups excluding carboxylic acids is 3. The molecule has 176 valence electrons. The highest BCUT2D eigenvalue weighted by Gasteiger charge is 2.31. The second-order valence-corrected chi connectivity index (χ2v) is 8.45. The van der Waals surface area contributed by atoms with Crippen LogP contribution in [0, 0.1) is 12.8 Å². The standard InChI is InChI=1S/C25H32N4O4/c1-5-33-25(32)19-10-11-21(26-16-19)28-12-14-29(15-13-28)24(31)22(17(2)3)27-23(30)20-9-7-6-8-18(20)4/h6-11,16-17,22H,5,12-15H2,1-4H3,(H,27,30). The molecule has 8 nitrogen and oxygen atoms in total. The van der Waals surface area contributed by atoms with Crippen LogP contribution in [-0.4, -0.2) is 66.5 Å². The fourth-order valence-electron chi connectivity index (χ4n) is 3.82. The Hall–Kier alpha value is -3.42. The fraction of sp³-hybridized carbons (Fsp3) is 0.440. The first-order valence-corrected chi connectivity index (χ1v) is 11.3. The largest absolute Gasteiger partial charge is 0.462 e. The van der Waals surface area contributed by atoms with Crippen molar-refractivity contribution in [2.24, 2.45) is 5.92 Å². The van der Waals surface area contributed by atoms with Gasteiger partial charge in [-0.1, -0.05) is 32.0 Å². The summed E-state index contributed by atoms with van der Waals surface area (Å²) in [5.74, 6) is 0.0188. The van der Waals surface area contributed by atoms with Crippen LogP contribution in [0.4, 0.5) is 5.82 Å². The van der Waals surface area contributed by atoms with Gasteiger partial charge in [0, 0.05) is 37.9 Å². The Kier molecular flexibility index (Phi) is 8.03. The van der Waals surface area contributed by atoms with Gasteiger partial charge in [-0.25, -0.2) is 9.78 Å². The Morgan fingerprint density at radius 3 is 2.33 bits per heavy atom. The predicted octanol–water partition coefficient (Wildman–Crippen LogP) is 2.67. The van der Waals surface area contributed by atoms with E-state index in [1.54, 1.807) is 30.0 Å². The van der Waals surface area contributed by atoms with Crippen molar-refractivity contribution in [3.05, 3.63) is 59.3 Å². The minimum atomic E-state index is -0.592. The van der Waals surface area contributed by atoms with Crippen molar-refractivity contribution in [3.8, 4) is 0 Å². The SMILES string of the molecule is CCOC(=O)c1ccc(N2CCN(C(=O)C(NC(=O)c3ccccc3C)C(C)C)CC2)nc1. The number of aryl methyl sites for hydroxylation is 1. The van der Waals surface area contributed by atoms with Crippen molar-refractivity contribution in [2.75, 3.05) is 37.7 Å². The Morgan fingerprint density at radius 2 is 1.76 bits per heavy atom. The number of esters is 1. The Bertz CT molecular complexity index is 982. The van der Waals surface area contributed by atoms with Gasteiger partial charge < -0.3 is 19.9 Å². The van der Waals surface area contributed by atoms with Crippen LogP contribution >= 0.6 is 0 Å². The van der Waals surface area contributed by atoms with Crippen LogP contribution in [0.2, 0.25) is 0 Å². The van der Waals surface area contributed by atoms with E-state index in [2.05, 4.69) is 15.2 Å². The molecule has 3 rings (SSSR count). The molecule has 1 atom stereocenters. The van der Waals surface area contributed by atoms with Gasteiger partial charge in [0.25, 0.3) is 5.91 Å². The first kappa shape index (κ1) is 24.2. The van der Waals surface area contributed by atoms with Gasteiger partial charge in [0.2, 0.25) is 5.91 Å². The summed E-state index contributed by atoms with van der Waals surface area (Å²) < 4.78 is 4.99. The summed E-state index contributed by atoms with van der Waals surface area (Å²) in [5.41, 5.74) is 1.87. The lowest BCUT2D eigenvalue weighted by Crippen LogP contribution is -2.56. The second kappa shape index (κ2) is 10.9. The van der Waals surface area contributed by atoms with Crippen LogP contribution in [0.15, 0.2) is 42.6 Å². The Balaban J connectivity index is 1.60. The molecule has 1 saturated heterocycles. The van der Waals surface area contributed by atoms with Crippen molar-refractivity contribution in [1.82, 2.24) is 15.2 Å². The third-order valence-electron chi connectivity index (χ3n) is 5.78. The number of nitrogens with zero attached hydrogens (tertiary/aromatic N) is 3. The molecule has 0 radical (unpaired) electrons. The molecule has 1 unspecified atom stereocenters. The molecule has 0 aliphatic carbocycles. The number of hydrogen-bond acceptors (Lipinski definition) is 6. The molecule has 1 aliphatic heterocycles. The number of amides is 2. The summed E-state index contributed by atoms with van der Waals surface area (Å²) in [7, 11) is 0. The van der Waals surface area contributed by atoms with Crippen LogP contribution in [0.25, 0.3) is 0 Å². The lowest BCUT2D eigenvalue weighted by Gasteiger charge is -2.37. The molecular weight excluding hydrogens is 420 g/mol. The predicted molar refractivity (Wildman–Crippen MR) is 126 cm³/mol. The number of pyridine rings is 1. The summed E-state index contributed by atoms with van der Waals surface area (Å²) in [6.45, 7) is 10.1. The van der Waals surface area contributed by atoms with Crippen molar-refractivity contribution in [2.45, 2.75) is 33.7 Å². The van der Waals surface area contributed by atoms with Gasteiger partial charge in [0.1, 0.15) is 11.9 Å². The monoisotopic (exact) mass is 452 g/mol. The van der Waals surface area contributed by atoms with E-state index in [1.165, 1.54) is 6.20 Å². The molecule has 8 heteroatoms. The van der Waals surface area contributed by atoms with E-state index in [1.807, 2.05) is 39.0 Å². The van der Waals surface area contributed by atoms with Crippen LogP contribution in [0.3, 0.4) is 0 Å². The third kappa shape index (κ3) is 5.88. The minimum Gasteiger partial charge on any atom is -0.462 e. The highest BCUT2D eigenvalue weighted by atomic mass is 16.5. The smallest absolute Gasteiger partial charge is 0.339 e. The molecule has 33 heavy (non-hydrogen) atoms. The number of rotatable bonds is 7. The summed E-state index contributed by atoms with van der Waals surface area (Å²) in [4.78, 5) is 46.1. The number of aromatic nitrogens is 1. The molecule has 1 N–H and O–H groups in total. The summed E-state index contributed by atoms with van der Waals surface area (Å²) in [5, 5.41) is 2.94. The van der Waals surface area contributed by atoms with Crippen molar-refractivity contribution < 1.29 is 19.1 Å². The average Bonchev–Trinajstić information content (AvgIpc) is 2.82. The number of ether oxygens (including phenoxy) is 1. The van der Waals surface area contributed by atoms with Crippen LogP contribution in [-0.2, 0) is 9.53 Å². The van der Waals surface area contributed by atoms with Gasteiger partial charge in [-0.15, -0.1) is 0 Å². The van der Waals surface area contributed by atoms with E-state index in [9.17, 15) is 14.4 Å². The number of hydrogen-bond donors (Lipinski definition) is 1.